The lowest BCUT2D eigenvalue weighted by atomic mass is 9.89. The van der Waals surface area contributed by atoms with Crippen LogP contribution in [0.15, 0.2) is 24.3 Å². The van der Waals surface area contributed by atoms with E-state index in [4.69, 9.17) is 0 Å². The zero-order chi connectivity index (χ0) is 18.2. The number of nitrogens with one attached hydrogen (secondary N) is 1. The number of rotatable bonds is 5. The third-order valence-electron chi connectivity index (χ3n) is 5.43. The van der Waals surface area contributed by atoms with Gasteiger partial charge in [0.15, 0.2) is 0 Å². The van der Waals surface area contributed by atoms with Crippen molar-refractivity contribution in [2.24, 2.45) is 5.92 Å². The molecule has 0 spiro atoms. The van der Waals surface area contributed by atoms with Crippen molar-refractivity contribution in [3.63, 3.8) is 0 Å². The van der Waals surface area contributed by atoms with Crippen molar-refractivity contribution in [3.8, 4) is 0 Å². The van der Waals surface area contributed by atoms with Crippen molar-refractivity contribution in [1.29, 1.82) is 0 Å². The average molecular weight is 344 g/mol. The van der Waals surface area contributed by atoms with Crippen LogP contribution in [0.5, 0.6) is 0 Å². The minimum absolute atomic E-state index is 0.0171. The van der Waals surface area contributed by atoms with Crippen LogP contribution in [0.25, 0.3) is 0 Å². The van der Waals surface area contributed by atoms with Crippen LogP contribution in [0.4, 0.5) is 0 Å². The first-order chi connectivity index (χ1) is 11.8. The fourth-order valence-electron chi connectivity index (χ4n) is 3.76. The first kappa shape index (κ1) is 17.5. The predicted molar refractivity (Wildman–Crippen MR) is 91.8 cm³/mol. The summed E-state index contributed by atoms with van der Waals surface area (Å²) in [7, 11) is 0. The summed E-state index contributed by atoms with van der Waals surface area (Å²) in [5, 5.41) is 12.2. The maximum Gasteiger partial charge on any atom is 0.329 e. The van der Waals surface area contributed by atoms with Crippen molar-refractivity contribution >= 4 is 17.8 Å². The predicted octanol–water partition coefficient (Wildman–Crippen LogP) is 1.89. The van der Waals surface area contributed by atoms with Gasteiger partial charge in [-0.2, -0.15) is 0 Å². The van der Waals surface area contributed by atoms with Crippen molar-refractivity contribution < 1.29 is 19.5 Å². The molecular weight excluding hydrogens is 320 g/mol. The van der Waals surface area contributed by atoms with Crippen LogP contribution in [0.1, 0.15) is 50.3 Å². The molecule has 1 aromatic carbocycles. The minimum Gasteiger partial charge on any atom is -0.480 e. The third-order valence-corrected chi connectivity index (χ3v) is 5.43. The summed E-state index contributed by atoms with van der Waals surface area (Å²) in [5.74, 6) is -1.42. The normalized spacial score (nSPS) is 21.8. The monoisotopic (exact) mass is 344 g/mol. The van der Waals surface area contributed by atoms with Gasteiger partial charge in [0.05, 0.1) is 12.5 Å². The SMILES string of the molecule is CC(=O)N1CCc2ccccc2[C@H]1CC(=O)N[C@](C)(C(=O)O)C1CC1. The lowest BCUT2D eigenvalue weighted by Gasteiger charge is -2.37. The molecule has 0 bridgehead atoms. The standard InChI is InChI=1S/C19H24N2O4/c1-12(22)21-10-9-13-5-3-4-6-15(13)16(21)11-17(23)20-19(2,18(24)25)14-7-8-14/h3-6,14,16H,7-11H2,1-2H3,(H,20,23)(H,24,25)/t16-,19+/m1/s1. The van der Waals surface area contributed by atoms with E-state index in [-0.39, 0.29) is 30.2 Å². The fraction of sp³-hybridized carbons (Fsp3) is 0.526. The van der Waals surface area contributed by atoms with E-state index in [1.807, 2.05) is 24.3 Å². The molecule has 134 valence electrons. The van der Waals surface area contributed by atoms with Crippen LogP contribution in [0.2, 0.25) is 0 Å². The molecule has 2 atom stereocenters. The van der Waals surface area contributed by atoms with E-state index in [9.17, 15) is 19.5 Å². The fourth-order valence-corrected chi connectivity index (χ4v) is 3.76. The van der Waals surface area contributed by atoms with E-state index < -0.39 is 11.5 Å². The summed E-state index contributed by atoms with van der Waals surface area (Å²) in [5.41, 5.74) is 0.885. The summed E-state index contributed by atoms with van der Waals surface area (Å²) in [4.78, 5) is 38.0. The lowest BCUT2D eigenvalue weighted by molar-refractivity contribution is -0.148. The molecular formula is C19H24N2O4. The summed E-state index contributed by atoms with van der Waals surface area (Å²) in [6.07, 6.45) is 2.47. The zero-order valence-electron chi connectivity index (χ0n) is 14.6. The van der Waals surface area contributed by atoms with Crippen LogP contribution >= 0.6 is 0 Å². The van der Waals surface area contributed by atoms with Crippen molar-refractivity contribution in [2.75, 3.05) is 6.54 Å². The van der Waals surface area contributed by atoms with Crippen molar-refractivity contribution in [3.05, 3.63) is 35.4 Å². The maximum absolute atomic E-state index is 12.6. The molecule has 6 nitrogen and oxygen atoms in total. The Morgan fingerprint density at radius 2 is 1.96 bits per heavy atom. The topological polar surface area (TPSA) is 86.7 Å². The van der Waals surface area contributed by atoms with Gasteiger partial charge in [-0.1, -0.05) is 24.3 Å². The number of hydrogen-bond donors (Lipinski definition) is 2. The molecule has 25 heavy (non-hydrogen) atoms. The number of benzene rings is 1. The number of amides is 2. The van der Waals surface area contributed by atoms with Crippen LogP contribution in [0, 0.1) is 5.92 Å². The van der Waals surface area contributed by atoms with Crippen LogP contribution in [-0.4, -0.2) is 39.9 Å². The Kier molecular flexibility index (Phi) is 4.54. The number of aliphatic carboxylic acids is 1. The number of carbonyl (C=O) groups excluding carboxylic acids is 2. The average Bonchev–Trinajstić information content (AvgIpc) is 3.39. The van der Waals surface area contributed by atoms with Gasteiger partial charge in [-0.15, -0.1) is 0 Å². The lowest BCUT2D eigenvalue weighted by Crippen LogP contribution is -2.54. The number of fused-ring (bicyclic) bond motifs is 1. The molecule has 0 saturated heterocycles. The highest BCUT2D eigenvalue weighted by Gasteiger charge is 2.48. The molecule has 3 rings (SSSR count). The number of hydrogen-bond acceptors (Lipinski definition) is 3. The maximum atomic E-state index is 12.6. The molecule has 1 aromatic rings. The van der Waals surface area contributed by atoms with E-state index in [0.717, 1.165) is 30.4 Å². The molecule has 2 amide bonds. The Morgan fingerprint density at radius 3 is 2.56 bits per heavy atom. The Balaban J connectivity index is 1.80. The second-order valence-corrected chi connectivity index (χ2v) is 7.21. The Bertz CT molecular complexity index is 713. The van der Waals surface area contributed by atoms with Gasteiger partial charge >= 0.3 is 5.97 Å². The molecule has 2 aliphatic rings. The first-order valence-electron chi connectivity index (χ1n) is 8.72. The molecule has 0 radical (unpaired) electrons. The van der Waals surface area contributed by atoms with Crippen molar-refractivity contribution in [1.82, 2.24) is 10.2 Å². The molecule has 1 saturated carbocycles. The summed E-state index contributed by atoms with van der Waals surface area (Å²) in [6, 6.07) is 7.47. The van der Waals surface area contributed by atoms with E-state index in [1.54, 1.807) is 11.8 Å². The molecule has 1 aliphatic heterocycles. The van der Waals surface area contributed by atoms with Crippen molar-refractivity contribution in [2.45, 2.75) is 51.1 Å². The number of carboxylic acids is 1. The van der Waals surface area contributed by atoms with Gasteiger partial charge in [-0.3, -0.25) is 9.59 Å². The summed E-state index contributed by atoms with van der Waals surface area (Å²) in [6.45, 7) is 3.65. The van der Waals surface area contributed by atoms with Gasteiger partial charge in [-0.05, 0) is 43.2 Å². The van der Waals surface area contributed by atoms with Gasteiger partial charge in [0, 0.05) is 13.5 Å². The van der Waals surface area contributed by atoms with Crippen LogP contribution in [0.3, 0.4) is 0 Å². The van der Waals surface area contributed by atoms with Gasteiger partial charge < -0.3 is 15.3 Å². The van der Waals surface area contributed by atoms with E-state index in [2.05, 4.69) is 5.32 Å². The first-order valence-corrected chi connectivity index (χ1v) is 8.72. The van der Waals surface area contributed by atoms with Crippen LogP contribution < -0.4 is 5.32 Å². The number of carboxylic acid groups (broad SMARTS) is 1. The Hall–Kier alpha value is -2.37. The summed E-state index contributed by atoms with van der Waals surface area (Å²) >= 11 is 0. The van der Waals surface area contributed by atoms with Gasteiger partial charge in [-0.25, -0.2) is 4.79 Å². The highest BCUT2D eigenvalue weighted by Crippen LogP contribution is 2.40. The molecule has 0 aromatic heterocycles. The van der Waals surface area contributed by atoms with E-state index >= 15 is 0 Å². The van der Waals surface area contributed by atoms with E-state index in [0.29, 0.717) is 6.54 Å². The minimum atomic E-state index is -1.23. The van der Waals surface area contributed by atoms with Gasteiger partial charge in [0.1, 0.15) is 5.54 Å². The smallest absolute Gasteiger partial charge is 0.329 e. The molecule has 6 heteroatoms. The van der Waals surface area contributed by atoms with E-state index in [1.165, 1.54) is 6.92 Å². The quantitative estimate of drug-likeness (QED) is 0.854. The molecule has 2 N–H and O–H groups in total. The zero-order valence-corrected chi connectivity index (χ0v) is 14.6. The highest BCUT2D eigenvalue weighted by molar-refractivity contribution is 5.88. The molecule has 1 fully saturated rings. The number of nitrogens with zero attached hydrogens (tertiary/aromatic N) is 1. The Labute approximate surface area is 147 Å². The molecule has 1 aliphatic carbocycles. The molecule has 1 heterocycles. The second kappa shape index (κ2) is 6.50. The van der Waals surface area contributed by atoms with Gasteiger partial charge in [0.2, 0.25) is 11.8 Å². The van der Waals surface area contributed by atoms with Gasteiger partial charge in [0.25, 0.3) is 0 Å². The second-order valence-electron chi connectivity index (χ2n) is 7.21. The molecule has 0 unspecified atom stereocenters. The Morgan fingerprint density at radius 1 is 1.28 bits per heavy atom. The summed E-state index contributed by atoms with van der Waals surface area (Å²) < 4.78 is 0. The highest BCUT2D eigenvalue weighted by atomic mass is 16.4. The largest absolute Gasteiger partial charge is 0.480 e. The number of carbonyl (C=O) groups is 3. The third kappa shape index (κ3) is 3.38. The van der Waals surface area contributed by atoms with Crippen LogP contribution in [-0.2, 0) is 20.8 Å².